The number of benzene rings is 1. The number of carbonyl (C=O) groups excluding carboxylic acids is 1. The first kappa shape index (κ1) is 13.3. The third-order valence-electron chi connectivity index (χ3n) is 2.84. The van der Waals surface area contributed by atoms with Crippen molar-refractivity contribution >= 4 is 5.78 Å². The van der Waals surface area contributed by atoms with Gasteiger partial charge in [0.1, 0.15) is 0 Å². The molecule has 0 unspecified atom stereocenters. The fraction of sp³-hybridized carbons (Fsp3) is 0.231. The molecule has 2 aromatic rings. The Hall–Kier alpha value is -2.11. The molecule has 0 aliphatic heterocycles. The molecule has 100 valence electrons. The Balaban J connectivity index is 2.10. The molecule has 0 aliphatic rings. The molecule has 0 amide bonds. The number of aryl methyl sites for hydroxylation is 2. The number of aromatic nitrogens is 2. The van der Waals surface area contributed by atoms with Crippen LogP contribution in [0.2, 0.25) is 0 Å². The van der Waals surface area contributed by atoms with Crippen LogP contribution in [0.5, 0.6) is 0 Å². The van der Waals surface area contributed by atoms with Gasteiger partial charge in [-0.2, -0.15) is 5.10 Å². The van der Waals surface area contributed by atoms with Gasteiger partial charge in [0.25, 0.3) is 0 Å². The quantitative estimate of drug-likeness (QED) is 0.631. The molecule has 0 spiro atoms. The highest BCUT2D eigenvalue weighted by Gasteiger charge is 2.15. The lowest BCUT2D eigenvalue weighted by Gasteiger charge is -2.04. The lowest BCUT2D eigenvalue weighted by Crippen LogP contribution is -2.06. The van der Waals surface area contributed by atoms with Crippen molar-refractivity contribution in [2.75, 3.05) is 0 Å². The predicted molar refractivity (Wildman–Crippen MR) is 62.2 cm³/mol. The van der Waals surface area contributed by atoms with Crippen molar-refractivity contribution in [1.29, 1.82) is 0 Å². The number of hydrogen-bond donors (Lipinski definition) is 0. The SMILES string of the molecule is Cn1nccc1CCC(=O)c1cc(F)c(F)c(F)c1. The monoisotopic (exact) mass is 268 g/mol. The number of halogens is 3. The Morgan fingerprint density at radius 2 is 1.89 bits per heavy atom. The predicted octanol–water partition coefficient (Wildman–Crippen LogP) is 2.65. The second-order valence-electron chi connectivity index (χ2n) is 4.12. The van der Waals surface area contributed by atoms with Crippen molar-refractivity contribution in [2.45, 2.75) is 12.8 Å². The van der Waals surface area contributed by atoms with E-state index in [1.54, 1.807) is 24.0 Å². The van der Waals surface area contributed by atoms with Crippen molar-refractivity contribution in [3.63, 3.8) is 0 Å². The molecule has 19 heavy (non-hydrogen) atoms. The summed E-state index contributed by atoms with van der Waals surface area (Å²) in [5.74, 6) is -4.73. The molecule has 0 aliphatic carbocycles. The van der Waals surface area contributed by atoms with Crippen LogP contribution in [0.1, 0.15) is 22.5 Å². The van der Waals surface area contributed by atoms with E-state index in [0.717, 1.165) is 5.69 Å². The second kappa shape index (κ2) is 5.26. The maximum Gasteiger partial charge on any atom is 0.194 e. The topological polar surface area (TPSA) is 34.9 Å². The van der Waals surface area contributed by atoms with Crippen molar-refractivity contribution in [3.8, 4) is 0 Å². The highest BCUT2D eigenvalue weighted by molar-refractivity contribution is 5.96. The highest BCUT2D eigenvalue weighted by Crippen LogP contribution is 2.15. The molecule has 0 radical (unpaired) electrons. The van der Waals surface area contributed by atoms with E-state index >= 15 is 0 Å². The van der Waals surface area contributed by atoms with E-state index in [-0.39, 0.29) is 12.0 Å². The average molecular weight is 268 g/mol. The Labute approximate surface area is 107 Å². The van der Waals surface area contributed by atoms with E-state index in [1.165, 1.54) is 0 Å². The summed E-state index contributed by atoms with van der Waals surface area (Å²) in [6.45, 7) is 0. The van der Waals surface area contributed by atoms with Gasteiger partial charge in [-0.15, -0.1) is 0 Å². The number of hydrogen-bond acceptors (Lipinski definition) is 2. The summed E-state index contributed by atoms with van der Waals surface area (Å²) in [6.07, 6.45) is 2.07. The summed E-state index contributed by atoms with van der Waals surface area (Å²) < 4.78 is 40.4. The molecule has 6 heteroatoms. The Morgan fingerprint density at radius 3 is 2.42 bits per heavy atom. The van der Waals surface area contributed by atoms with E-state index in [2.05, 4.69) is 5.10 Å². The van der Waals surface area contributed by atoms with E-state index in [1.807, 2.05) is 0 Å². The zero-order valence-corrected chi connectivity index (χ0v) is 10.2. The van der Waals surface area contributed by atoms with Crippen LogP contribution in [0, 0.1) is 17.5 Å². The third kappa shape index (κ3) is 2.83. The molecular weight excluding hydrogens is 257 g/mol. The fourth-order valence-corrected chi connectivity index (χ4v) is 1.75. The number of Topliss-reactive ketones (excluding diaryl/α,β-unsaturated/α-hetero) is 1. The van der Waals surface area contributed by atoms with Gasteiger partial charge >= 0.3 is 0 Å². The zero-order chi connectivity index (χ0) is 14.0. The standard InChI is InChI=1S/C13H11F3N2O/c1-18-9(4-5-17-18)2-3-12(19)8-6-10(14)13(16)11(15)7-8/h4-7H,2-3H2,1H3. The van der Waals surface area contributed by atoms with E-state index in [9.17, 15) is 18.0 Å². The van der Waals surface area contributed by atoms with Crippen molar-refractivity contribution in [1.82, 2.24) is 9.78 Å². The van der Waals surface area contributed by atoms with Crippen LogP contribution in [0.25, 0.3) is 0 Å². The van der Waals surface area contributed by atoms with Gasteiger partial charge in [0.05, 0.1) is 0 Å². The molecule has 0 bridgehead atoms. The van der Waals surface area contributed by atoms with Gasteiger partial charge in [-0.25, -0.2) is 13.2 Å². The first-order valence-corrected chi connectivity index (χ1v) is 5.63. The van der Waals surface area contributed by atoms with Crippen LogP contribution in [0.3, 0.4) is 0 Å². The largest absolute Gasteiger partial charge is 0.294 e. The van der Waals surface area contributed by atoms with E-state index in [4.69, 9.17) is 0 Å². The molecule has 0 saturated heterocycles. The van der Waals surface area contributed by atoms with Crippen LogP contribution >= 0.6 is 0 Å². The minimum Gasteiger partial charge on any atom is -0.294 e. The summed E-state index contributed by atoms with van der Waals surface area (Å²) in [7, 11) is 1.73. The minimum absolute atomic E-state index is 0.0735. The molecular formula is C13H11F3N2O. The summed E-state index contributed by atoms with van der Waals surface area (Å²) in [5.41, 5.74) is 0.662. The maximum atomic E-state index is 13.0. The van der Waals surface area contributed by atoms with Crippen LogP contribution in [-0.4, -0.2) is 15.6 Å². The third-order valence-corrected chi connectivity index (χ3v) is 2.84. The van der Waals surface area contributed by atoms with Crippen LogP contribution in [-0.2, 0) is 13.5 Å². The molecule has 0 fully saturated rings. The fourth-order valence-electron chi connectivity index (χ4n) is 1.75. The van der Waals surface area contributed by atoms with Crippen LogP contribution in [0.4, 0.5) is 13.2 Å². The smallest absolute Gasteiger partial charge is 0.194 e. The second-order valence-corrected chi connectivity index (χ2v) is 4.12. The van der Waals surface area contributed by atoms with Crippen molar-refractivity contribution in [3.05, 3.63) is 53.1 Å². The molecule has 1 heterocycles. The van der Waals surface area contributed by atoms with E-state index < -0.39 is 23.2 Å². The van der Waals surface area contributed by atoms with Gasteiger partial charge in [-0.05, 0) is 24.6 Å². The number of ketones is 1. The first-order valence-electron chi connectivity index (χ1n) is 5.63. The van der Waals surface area contributed by atoms with Gasteiger partial charge < -0.3 is 0 Å². The molecule has 1 aromatic heterocycles. The summed E-state index contributed by atoms with van der Waals surface area (Å²) in [6, 6.07) is 3.17. The average Bonchev–Trinajstić information content (AvgIpc) is 2.78. The number of carbonyl (C=O) groups is 1. The zero-order valence-electron chi connectivity index (χ0n) is 10.2. The molecule has 2 rings (SSSR count). The van der Waals surface area contributed by atoms with Gasteiger partial charge in [0, 0.05) is 30.9 Å². The van der Waals surface area contributed by atoms with Crippen molar-refractivity contribution < 1.29 is 18.0 Å². The van der Waals surface area contributed by atoms with Gasteiger partial charge in [0.2, 0.25) is 0 Å². The van der Waals surface area contributed by atoms with Gasteiger partial charge in [0.15, 0.2) is 23.2 Å². The molecule has 0 saturated carbocycles. The Kier molecular flexibility index (Phi) is 3.69. The highest BCUT2D eigenvalue weighted by atomic mass is 19.2. The van der Waals surface area contributed by atoms with E-state index in [0.29, 0.717) is 18.6 Å². The first-order chi connectivity index (χ1) is 8.99. The number of nitrogens with zero attached hydrogens (tertiary/aromatic N) is 2. The maximum absolute atomic E-state index is 13.0. The molecule has 0 atom stereocenters. The summed E-state index contributed by atoms with van der Waals surface area (Å²) in [5, 5.41) is 3.94. The normalized spacial score (nSPS) is 10.7. The Morgan fingerprint density at radius 1 is 1.26 bits per heavy atom. The Bertz CT molecular complexity index is 599. The lowest BCUT2D eigenvalue weighted by molar-refractivity contribution is 0.0981. The van der Waals surface area contributed by atoms with Gasteiger partial charge in [-0.3, -0.25) is 9.48 Å². The molecule has 1 aromatic carbocycles. The minimum atomic E-state index is -1.57. The number of rotatable bonds is 4. The molecule has 3 nitrogen and oxygen atoms in total. The lowest BCUT2D eigenvalue weighted by atomic mass is 10.0. The van der Waals surface area contributed by atoms with Crippen LogP contribution in [0.15, 0.2) is 24.4 Å². The van der Waals surface area contributed by atoms with Crippen molar-refractivity contribution in [2.24, 2.45) is 7.05 Å². The van der Waals surface area contributed by atoms with Crippen LogP contribution < -0.4 is 0 Å². The van der Waals surface area contributed by atoms with Gasteiger partial charge in [-0.1, -0.05) is 0 Å². The molecule has 0 N–H and O–H groups in total. The summed E-state index contributed by atoms with van der Waals surface area (Å²) in [4.78, 5) is 11.8. The summed E-state index contributed by atoms with van der Waals surface area (Å²) >= 11 is 0.